The second-order valence-electron chi connectivity index (χ2n) is 5.84. The van der Waals surface area contributed by atoms with Crippen LogP contribution in [0.5, 0.6) is 11.5 Å². The molecule has 1 aromatic carbocycles. The zero-order valence-electron chi connectivity index (χ0n) is 14.6. The SMILES string of the molecule is COc1cc(C#N)ccc1OCCCC(=O)Nc1cc(C(C)C)[nH]n1. The smallest absolute Gasteiger partial charge is 0.225 e. The van der Waals surface area contributed by atoms with E-state index in [-0.39, 0.29) is 5.91 Å². The summed E-state index contributed by atoms with van der Waals surface area (Å²) in [6, 6.07) is 8.85. The highest BCUT2D eigenvalue weighted by molar-refractivity contribution is 5.89. The number of amides is 1. The number of carbonyl (C=O) groups excluding carboxylic acids is 1. The largest absolute Gasteiger partial charge is 0.493 e. The van der Waals surface area contributed by atoms with Gasteiger partial charge in [-0.15, -0.1) is 0 Å². The fourth-order valence-corrected chi connectivity index (χ4v) is 2.17. The molecule has 2 rings (SSSR count). The molecule has 2 aromatic rings. The Morgan fingerprint density at radius 2 is 2.16 bits per heavy atom. The summed E-state index contributed by atoms with van der Waals surface area (Å²) in [6.07, 6.45) is 0.874. The van der Waals surface area contributed by atoms with E-state index >= 15 is 0 Å². The molecule has 0 radical (unpaired) electrons. The van der Waals surface area contributed by atoms with Crippen LogP contribution in [-0.4, -0.2) is 29.8 Å². The number of rotatable bonds is 8. The van der Waals surface area contributed by atoms with E-state index in [2.05, 4.69) is 15.5 Å². The van der Waals surface area contributed by atoms with Crippen LogP contribution < -0.4 is 14.8 Å². The topological polar surface area (TPSA) is 100 Å². The minimum absolute atomic E-state index is 0.114. The number of nitriles is 1. The summed E-state index contributed by atoms with van der Waals surface area (Å²) in [5.74, 6) is 1.80. The number of nitrogens with zero attached hydrogens (tertiary/aromatic N) is 2. The molecule has 25 heavy (non-hydrogen) atoms. The van der Waals surface area contributed by atoms with Gasteiger partial charge >= 0.3 is 0 Å². The first kappa shape index (κ1) is 18.3. The maximum absolute atomic E-state index is 11.9. The number of benzene rings is 1. The number of hydrogen-bond donors (Lipinski definition) is 2. The summed E-state index contributed by atoms with van der Waals surface area (Å²) in [5.41, 5.74) is 1.48. The monoisotopic (exact) mass is 342 g/mol. The fraction of sp³-hybridized carbons (Fsp3) is 0.389. The van der Waals surface area contributed by atoms with Crippen LogP contribution in [0, 0.1) is 11.3 Å². The van der Waals surface area contributed by atoms with Gasteiger partial charge in [0.05, 0.1) is 25.3 Å². The lowest BCUT2D eigenvalue weighted by Gasteiger charge is -2.10. The standard InChI is InChI=1S/C18H22N4O3/c1-12(2)14-10-17(22-21-14)20-18(23)5-4-8-25-15-7-6-13(11-19)9-16(15)24-3/h6-7,9-10,12H,4-5,8H2,1-3H3,(H2,20,21,22,23). The van der Waals surface area contributed by atoms with Crippen LogP contribution in [0.3, 0.4) is 0 Å². The molecular formula is C18H22N4O3. The highest BCUT2D eigenvalue weighted by atomic mass is 16.5. The van der Waals surface area contributed by atoms with Gasteiger partial charge in [0.15, 0.2) is 17.3 Å². The van der Waals surface area contributed by atoms with Crippen molar-refractivity contribution in [2.75, 3.05) is 19.0 Å². The predicted octanol–water partition coefficient (Wildman–Crippen LogP) is 3.21. The molecule has 1 heterocycles. The van der Waals surface area contributed by atoms with Gasteiger partial charge in [0.25, 0.3) is 0 Å². The number of carbonyl (C=O) groups is 1. The number of H-pyrrole nitrogens is 1. The molecule has 0 aliphatic heterocycles. The van der Waals surface area contributed by atoms with Crippen LogP contribution in [0.4, 0.5) is 5.82 Å². The van der Waals surface area contributed by atoms with Crippen LogP contribution >= 0.6 is 0 Å². The molecule has 7 nitrogen and oxygen atoms in total. The van der Waals surface area contributed by atoms with Crippen molar-refractivity contribution in [3.63, 3.8) is 0 Å². The Hall–Kier alpha value is -3.01. The first-order valence-corrected chi connectivity index (χ1v) is 8.09. The average Bonchev–Trinajstić information content (AvgIpc) is 3.07. The summed E-state index contributed by atoms with van der Waals surface area (Å²) in [5, 5.41) is 18.6. The van der Waals surface area contributed by atoms with Crippen LogP contribution in [-0.2, 0) is 4.79 Å². The minimum atomic E-state index is -0.114. The summed E-state index contributed by atoms with van der Waals surface area (Å²) in [6.45, 7) is 4.47. The van der Waals surface area contributed by atoms with Gasteiger partial charge in [0.1, 0.15) is 0 Å². The van der Waals surface area contributed by atoms with Gasteiger partial charge in [-0.25, -0.2) is 0 Å². The summed E-state index contributed by atoms with van der Waals surface area (Å²) >= 11 is 0. The third-order valence-corrected chi connectivity index (χ3v) is 3.59. The summed E-state index contributed by atoms with van der Waals surface area (Å²) in [4.78, 5) is 11.9. The highest BCUT2D eigenvalue weighted by Crippen LogP contribution is 2.28. The third-order valence-electron chi connectivity index (χ3n) is 3.59. The molecule has 0 aliphatic rings. The molecule has 1 aromatic heterocycles. The number of aromatic nitrogens is 2. The molecule has 0 fully saturated rings. The molecule has 0 bridgehead atoms. The molecule has 1 amide bonds. The number of aromatic amines is 1. The molecule has 0 saturated heterocycles. The van der Waals surface area contributed by atoms with E-state index in [0.717, 1.165) is 5.69 Å². The molecule has 0 atom stereocenters. The predicted molar refractivity (Wildman–Crippen MR) is 93.7 cm³/mol. The van der Waals surface area contributed by atoms with Crippen molar-refractivity contribution in [3.8, 4) is 17.6 Å². The van der Waals surface area contributed by atoms with E-state index in [0.29, 0.717) is 48.2 Å². The second kappa shape index (κ2) is 8.73. The van der Waals surface area contributed by atoms with E-state index in [1.165, 1.54) is 7.11 Å². The number of nitrogens with one attached hydrogen (secondary N) is 2. The van der Waals surface area contributed by atoms with Crippen LogP contribution in [0.2, 0.25) is 0 Å². The lowest BCUT2D eigenvalue weighted by atomic mass is 10.1. The van der Waals surface area contributed by atoms with Crippen LogP contribution in [0.15, 0.2) is 24.3 Å². The second-order valence-corrected chi connectivity index (χ2v) is 5.84. The zero-order valence-corrected chi connectivity index (χ0v) is 14.6. The average molecular weight is 342 g/mol. The van der Waals surface area contributed by atoms with Crippen molar-refractivity contribution in [3.05, 3.63) is 35.5 Å². The summed E-state index contributed by atoms with van der Waals surface area (Å²) in [7, 11) is 1.52. The Bertz CT molecular complexity index is 762. The molecular weight excluding hydrogens is 320 g/mol. The fourth-order valence-electron chi connectivity index (χ4n) is 2.17. The van der Waals surface area contributed by atoms with E-state index in [9.17, 15) is 4.79 Å². The van der Waals surface area contributed by atoms with Crippen LogP contribution in [0.1, 0.15) is 43.9 Å². The van der Waals surface area contributed by atoms with Crippen molar-refractivity contribution >= 4 is 11.7 Å². The Labute approximate surface area is 147 Å². The van der Waals surface area contributed by atoms with Gasteiger partial charge in [0, 0.05) is 24.2 Å². The molecule has 132 valence electrons. The first-order valence-electron chi connectivity index (χ1n) is 8.09. The molecule has 0 saturated carbocycles. The minimum Gasteiger partial charge on any atom is -0.493 e. The van der Waals surface area contributed by atoms with Crippen molar-refractivity contribution in [2.45, 2.75) is 32.6 Å². The Morgan fingerprint density at radius 3 is 2.80 bits per heavy atom. The van der Waals surface area contributed by atoms with Crippen molar-refractivity contribution in [1.82, 2.24) is 10.2 Å². The number of ether oxygens (including phenoxy) is 2. The first-order chi connectivity index (χ1) is 12.0. The van der Waals surface area contributed by atoms with Crippen molar-refractivity contribution in [1.29, 1.82) is 5.26 Å². The van der Waals surface area contributed by atoms with Crippen LogP contribution in [0.25, 0.3) is 0 Å². The molecule has 0 spiro atoms. The molecule has 0 aliphatic carbocycles. The van der Waals surface area contributed by atoms with E-state index in [1.54, 1.807) is 18.2 Å². The van der Waals surface area contributed by atoms with E-state index in [1.807, 2.05) is 26.0 Å². The number of methoxy groups -OCH3 is 1. The Morgan fingerprint density at radius 1 is 1.36 bits per heavy atom. The lowest BCUT2D eigenvalue weighted by molar-refractivity contribution is -0.116. The third kappa shape index (κ3) is 5.24. The number of anilines is 1. The molecule has 7 heteroatoms. The highest BCUT2D eigenvalue weighted by Gasteiger charge is 2.09. The molecule has 2 N–H and O–H groups in total. The normalized spacial score (nSPS) is 10.4. The van der Waals surface area contributed by atoms with Crippen molar-refractivity contribution in [2.24, 2.45) is 0 Å². The van der Waals surface area contributed by atoms with Gasteiger partial charge in [0.2, 0.25) is 5.91 Å². The van der Waals surface area contributed by atoms with E-state index < -0.39 is 0 Å². The number of hydrogen-bond acceptors (Lipinski definition) is 5. The lowest BCUT2D eigenvalue weighted by Crippen LogP contribution is -2.13. The Kier molecular flexibility index (Phi) is 6.40. The summed E-state index contributed by atoms with van der Waals surface area (Å²) < 4.78 is 10.8. The maximum atomic E-state index is 11.9. The van der Waals surface area contributed by atoms with Gasteiger partial charge < -0.3 is 14.8 Å². The zero-order chi connectivity index (χ0) is 18.2. The maximum Gasteiger partial charge on any atom is 0.225 e. The van der Waals surface area contributed by atoms with Gasteiger partial charge in [-0.05, 0) is 24.5 Å². The quantitative estimate of drug-likeness (QED) is 0.718. The van der Waals surface area contributed by atoms with Crippen molar-refractivity contribution < 1.29 is 14.3 Å². The van der Waals surface area contributed by atoms with Gasteiger partial charge in [-0.2, -0.15) is 10.4 Å². The van der Waals surface area contributed by atoms with Gasteiger partial charge in [-0.1, -0.05) is 13.8 Å². The van der Waals surface area contributed by atoms with Gasteiger partial charge in [-0.3, -0.25) is 9.89 Å². The molecule has 0 unspecified atom stereocenters. The van der Waals surface area contributed by atoms with E-state index in [4.69, 9.17) is 14.7 Å². The Balaban J connectivity index is 1.77.